The van der Waals surface area contributed by atoms with Gasteiger partial charge in [-0.05, 0) is 5.92 Å². The SMILES string of the molecule is CCC(C)CC(=O)N1CC(O)C(O)C1. The monoisotopic (exact) mass is 201 g/mol. The maximum absolute atomic E-state index is 11.6. The van der Waals surface area contributed by atoms with E-state index < -0.39 is 12.2 Å². The minimum absolute atomic E-state index is 0.0370. The van der Waals surface area contributed by atoms with Crippen molar-refractivity contribution in [3.05, 3.63) is 0 Å². The first-order chi connectivity index (χ1) is 6.54. The van der Waals surface area contributed by atoms with Gasteiger partial charge in [0.15, 0.2) is 0 Å². The zero-order chi connectivity index (χ0) is 10.7. The van der Waals surface area contributed by atoms with Crippen LogP contribution in [0.3, 0.4) is 0 Å². The van der Waals surface area contributed by atoms with Crippen LogP contribution in [0.25, 0.3) is 0 Å². The van der Waals surface area contributed by atoms with Gasteiger partial charge in [0.05, 0.1) is 12.2 Å². The van der Waals surface area contributed by atoms with Crippen molar-refractivity contribution >= 4 is 5.91 Å². The molecule has 0 radical (unpaired) electrons. The number of aliphatic hydroxyl groups is 2. The second-order valence-electron chi connectivity index (χ2n) is 4.15. The predicted molar refractivity (Wildman–Crippen MR) is 52.7 cm³/mol. The molecule has 0 saturated carbocycles. The fourth-order valence-electron chi connectivity index (χ4n) is 1.54. The summed E-state index contributed by atoms with van der Waals surface area (Å²) < 4.78 is 0. The van der Waals surface area contributed by atoms with E-state index in [9.17, 15) is 15.0 Å². The maximum atomic E-state index is 11.6. The molecule has 1 aliphatic heterocycles. The van der Waals surface area contributed by atoms with Crippen LogP contribution >= 0.6 is 0 Å². The van der Waals surface area contributed by atoms with Crippen molar-refractivity contribution < 1.29 is 15.0 Å². The summed E-state index contributed by atoms with van der Waals surface area (Å²) in [6.07, 6.45) is -0.0487. The van der Waals surface area contributed by atoms with Gasteiger partial charge in [0.25, 0.3) is 0 Å². The number of rotatable bonds is 3. The summed E-state index contributed by atoms with van der Waals surface area (Å²) in [4.78, 5) is 13.2. The Morgan fingerprint density at radius 2 is 1.93 bits per heavy atom. The highest BCUT2D eigenvalue weighted by atomic mass is 16.3. The second kappa shape index (κ2) is 4.75. The van der Waals surface area contributed by atoms with Gasteiger partial charge >= 0.3 is 0 Å². The van der Waals surface area contributed by atoms with Gasteiger partial charge in [-0.25, -0.2) is 0 Å². The number of β-amino-alcohol motifs (C(OH)–C–C–N with tert-alkyl or cyclic N) is 2. The summed E-state index contributed by atoms with van der Waals surface area (Å²) in [6.45, 7) is 4.62. The largest absolute Gasteiger partial charge is 0.388 e. The Balaban J connectivity index is 2.39. The second-order valence-corrected chi connectivity index (χ2v) is 4.15. The number of nitrogens with zero attached hydrogens (tertiary/aromatic N) is 1. The molecule has 0 aromatic carbocycles. The highest BCUT2D eigenvalue weighted by Crippen LogP contribution is 2.15. The lowest BCUT2D eigenvalue weighted by Crippen LogP contribution is -2.30. The molecule has 0 bridgehead atoms. The average Bonchev–Trinajstić information content (AvgIpc) is 2.47. The smallest absolute Gasteiger partial charge is 0.223 e. The van der Waals surface area contributed by atoms with Gasteiger partial charge in [0.2, 0.25) is 5.91 Å². The van der Waals surface area contributed by atoms with Crippen LogP contribution in [-0.4, -0.2) is 46.3 Å². The van der Waals surface area contributed by atoms with E-state index in [1.54, 1.807) is 4.90 Å². The molecule has 1 aliphatic rings. The number of likely N-dealkylation sites (tertiary alicyclic amines) is 1. The third kappa shape index (κ3) is 2.69. The molecule has 14 heavy (non-hydrogen) atoms. The normalized spacial score (nSPS) is 29.3. The number of carbonyl (C=O) groups is 1. The third-order valence-corrected chi connectivity index (χ3v) is 2.83. The van der Waals surface area contributed by atoms with Gasteiger partial charge in [-0.1, -0.05) is 20.3 Å². The molecule has 0 aliphatic carbocycles. The molecule has 82 valence electrons. The number of amides is 1. The van der Waals surface area contributed by atoms with E-state index in [4.69, 9.17) is 0 Å². The van der Waals surface area contributed by atoms with Crippen molar-refractivity contribution in [1.29, 1.82) is 0 Å². The van der Waals surface area contributed by atoms with E-state index >= 15 is 0 Å². The molecule has 3 atom stereocenters. The molecule has 4 heteroatoms. The Bertz CT molecular complexity index is 198. The fraction of sp³-hybridized carbons (Fsp3) is 0.900. The van der Waals surface area contributed by atoms with E-state index in [0.29, 0.717) is 12.3 Å². The molecule has 1 heterocycles. The van der Waals surface area contributed by atoms with E-state index in [-0.39, 0.29) is 19.0 Å². The van der Waals surface area contributed by atoms with Crippen LogP contribution in [0.5, 0.6) is 0 Å². The standard InChI is InChI=1S/C10H19NO3/c1-3-7(2)4-10(14)11-5-8(12)9(13)6-11/h7-9,12-13H,3-6H2,1-2H3. The summed E-state index contributed by atoms with van der Waals surface area (Å²) in [7, 11) is 0. The van der Waals surface area contributed by atoms with Gasteiger partial charge in [0.1, 0.15) is 0 Å². The molecular formula is C10H19NO3. The van der Waals surface area contributed by atoms with Crippen molar-refractivity contribution in [3.63, 3.8) is 0 Å². The summed E-state index contributed by atoms with van der Waals surface area (Å²) in [5, 5.41) is 18.5. The lowest BCUT2D eigenvalue weighted by Gasteiger charge is -2.17. The van der Waals surface area contributed by atoms with Gasteiger partial charge in [-0.3, -0.25) is 4.79 Å². The van der Waals surface area contributed by atoms with E-state index in [1.165, 1.54) is 0 Å². The number of carbonyl (C=O) groups excluding carboxylic acids is 1. The van der Waals surface area contributed by atoms with Gasteiger partial charge < -0.3 is 15.1 Å². The van der Waals surface area contributed by atoms with Crippen LogP contribution in [0.1, 0.15) is 26.7 Å². The van der Waals surface area contributed by atoms with Crippen LogP contribution in [0.15, 0.2) is 0 Å². The third-order valence-electron chi connectivity index (χ3n) is 2.83. The minimum Gasteiger partial charge on any atom is -0.388 e. The van der Waals surface area contributed by atoms with Crippen LogP contribution in [0.2, 0.25) is 0 Å². The Morgan fingerprint density at radius 1 is 1.43 bits per heavy atom. The zero-order valence-electron chi connectivity index (χ0n) is 8.81. The maximum Gasteiger partial charge on any atom is 0.223 e. The lowest BCUT2D eigenvalue weighted by atomic mass is 10.0. The summed E-state index contributed by atoms with van der Waals surface area (Å²) in [5.74, 6) is 0.410. The first kappa shape index (κ1) is 11.5. The molecule has 1 saturated heterocycles. The Hall–Kier alpha value is -0.610. The van der Waals surface area contributed by atoms with Crippen LogP contribution in [0, 0.1) is 5.92 Å². The number of aliphatic hydroxyl groups excluding tert-OH is 2. The number of hydrogen-bond acceptors (Lipinski definition) is 3. The molecule has 1 amide bonds. The molecular weight excluding hydrogens is 182 g/mol. The van der Waals surface area contributed by atoms with Crippen molar-refractivity contribution in [2.75, 3.05) is 13.1 Å². The van der Waals surface area contributed by atoms with E-state index in [0.717, 1.165) is 6.42 Å². The summed E-state index contributed by atoms with van der Waals surface area (Å²) in [5.41, 5.74) is 0. The minimum atomic E-state index is -0.768. The molecule has 3 unspecified atom stereocenters. The Labute approximate surface area is 84.5 Å². The molecule has 4 nitrogen and oxygen atoms in total. The molecule has 2 N–H and O–H groups in total. The molecule has 0 aromatic heterocycles. The van der Waals surface area contributed by atoms with Gasteiger partial charge in [-0.15, -0.1) is 0 Å². The quantitative estimate of drug-likeness (QED) is 0.675. The lowest BCUT2D eigenvalue weighted by molar-refractivity contribution is -0.131. The first-order valence-electron chi connectivity index (χ1n) is 5.18. The fourth-order valence-corrected chi connectivity index (χ4v) is 1.54. The predicted octanol–water partition coefficient (Wildman–Crippen LogP) is -0.0134. The van der Waals surface area contributed by atoms with Gasteiger partial charge in [0, 0.05) is 19.5 Å². The topological polar surface area (TPSA) is 60.8 Å². The summed E-state index contributed by atoms with van der Waals surface area (Å²) in [6, 6.07) is 0. The average molecular weight is 201 g/mol. The van der Waals surface area contributed by atoms with Gasteiger partial charge in [-0.2, -0.15) is 0 Å². The van der Waals surface area contributed by atoms with Crippen molar-refractivity contribution in [2.24, 2.45) is 5.92 Å². The van der Waals surface area contributed by atoms with E-state index in [1.807, 2.05) is 13.8 Å². The Kier molecular flexibility index (Phi) is 3.89. The molecule has 1 rings (SSSR count). The highest BCUT2D eigenvalue weighted by Gasteiger charge is 2.32. The van der Waals surface area contributed by atoms with Crippen molar-refractivity contribution in [3.8, 4) is 0 Å². The van der Waals surface area contributed by atoms with Crippen molar-refractivity contribution in [2.45, 2.75) is 38.9 Å². The van der Waals surface area contributed by atoms with Crippen LogP contribution in [0.4, 0.5) is 0 Å². The zero-order valence-corrected chi connectivity index (χ0v) is 8.81. The summed E-state index contributed by atoms with van der Waals surface area (Å²) >= 11 is 0. The molecule has 0 aromatic rings. The first-order valence-corrected chi connectivity index (χ1v) is 5.18. The van der Waals surface area contributed by atoms with Crippen LogP contribution < -0.4 is 0 Å². The molecule has 1 fully saturated rings. The number of hydrogen-bond donors (Lipinski definition) is 2. The molecule has 0 spiro atoms. The van der Waals surface area contributed by atoms with Crippen LogP contribution in [-0.2, 0) is 4.79 Å². The Morgan fingerprint density at radius 3 is 2.36 bits per heavy atom. The highest BCUT2D eigenvalue weighted by molar-refractivity contribution is 5.76. The van der Waals surface area contributed by atoms with E-state index in [2.05, 4.69) is 0 Å². The van der Waals surface area contributed by atoms with Crippen molar-refractivity contribution in [1.82, 2.24) is 4.90 Å².